The van der Waals surface area contributed by atoms with Crippen LogP contribution in [0.15, 0.2) is 83.8 Å². The summed E-state index contributed by atoms with van der Waals surface area (Å²) in [7, 11) is -4.46. The van der Waals surface area contributed by atoms with Gasteiger partial charge in [0.1, 0.15) is 10.6 Å². The van der Waals surface area contributed by atoms with Gasteiger partial charge in [-0.15, -0.1) is 0 Å². The molecule has 0 bridgehead atoms. The zero-order chi connectivity index (χ0) is 21.1. The molecule has 0 aromatic heterocycles. The molecule has 0 atom stereocenters. The maximum absolute atomic E-state index is 12.8. The molecule has 1 N–H and O–H groups in total. The van der Waals surface area contributed by atoms with E-state index in [9.17, 15) is 26.4 Å². The molecule has 3 aromatic carbocycles. The third kappa shape index (κ3) is 5.14. The Morgan fingerprint density at radius 2 is 1.52 bits per heavy atom. The molecule has 9 heteroatoms. The van der Waals surface area contributed by atoms with Crippen LogP contribution in [0.1, 0.15) is 15.9 Å². The molecule has 0 heterocycles. The van der Waals surface area contributed by atoms with E-state index in [-0.39, 0.29) is 11.7 Å². The Morgan fingerprint density at radius 1 is 0.862 bits per heavy atom. The first kappa shape index (κ1) is 20.4. The van der Waals surface area contributed by atoms with Crippen LogP contribution in [-0.2, 0) is 16.3 Å². The van der Waals surface area contributed by atoms with Crippen LogP contribution in [0.25, 0.3) is 0 Å². The first-order chi connectivity index (χ1) is 13.6. The highest BCUT2D eigenvalue weighted by atomic mass is 32.2. The predicted octanol–water partition coefficient (Wildman–Crippen LogP) is 4.73. The first-order valence-corrected chi connectivity index (χ1v) is 9.64. The number of rotatable bonds is 5. The summed E-state index contributed by atoms with van der Waals surface area (Å²) >= 11 is 0. The van der Waals surface area contributed by atoms with Crippen LogP contribution < -0.4 is 9.50 Å². The zero-order valence-corrected chi connectivity index (χ0v) is 15.5. The summed E-state index contributed by atoms with van der Waals surface area (Å²) in [4.78, 5) is 11.5. The fraction of sp³-hybridized carbons (Fsp3) is 0.0500. The van der Waals surface area contributed by atoms with Gasteiger partial charge in [-0.1, -0.05) is 24.3 Å². The van der Waals surface area contributed by atoms with Crippen molar-refractivity contribution >= 4 is 21.7 Å². The Bertz CT molecular complexity index is 1110. The Morgan fingerprint density at radius 3 is 2.14 bits per heavy atom. The maximum atomic E-state index is 12.8. The lowest BCUT2D eigenvalue weighted by Gasteiger charge is -2.11. The fourth-order valence-corrected chi connectivity index (χ4v) is 3.37. The average Bonchev–Trinajstić information content (AvgIpc) is 2.69. The Hall–Kier alpha value is -3.33. The van der Waals surface area contributed by atoms with E-state index >= 15 is 0 Å². The van der Waals surface area contributed by atoms with E-state index in [1.54, 1.807) is 30.3 Å². The molecule has 3 rings (SSSR count). The smallest absolute Gasteiger partial charge is 0.379 e. The van der Waals surface area contributed by atoms with Gasteiger partial charge in [0.15, 0.2) is 0 Å². The van der Waals surface area contributed by atoms with Crippen LogP contribution in [0.2, 0.25) is 0 Å². The number of nitrogens with one attached hydrogen (secondary N) is 1. The molecular formula is C20H14F3NO4S. The SMILES string of the molecule is O=C(Nc1ccc(OS(=O)(=O)c2cccc(C(F)(F)F)c2)cc1)c1ccccc1. The van der Waals surface area contributed by atoms with Crippen LogP contribution >= 0.6 is 0 Å². The molecule has 0 aliphatic carbocycles. The van der Waals surface area contributed by atoms with Crippen molar-refractivity contribution in [3.63, 3.8) is 0 Å². The fourth-order valence-electron chi connectivity index (χ4n) is 2.39. The van der Waals surface area contributed by atoms with E-state index in [0.29, 0.717) is 17.3 Å². The molecule has 3 aromatic rings. The van der Waals surface area contributed by atoms with Crippen LogP contribution in [0.5, 0.6) is 5.75 Å². The van der Waals surface area contributed by atoms with Gasteiger partial charge in [-0.25, -0.2) is 0 Å². The number of hydrogen-bond donors (Lipinski definition) is 1. The van der Waals surface area contributed by atoms with E-state index < -0.39 is 26.8 Å². The third-order valence-corrected chi connectivity index (χ3v) is 5.05. The van der Waals surface area contributed by atoms with E-state index in [1.165, 1.54) is 24.3 Å². The van der Waals surface area contributed by atoms with Gasteiger partial charge < -0.3 is 9.50 Å². The zero-order valence-electron chi connectivity index (χ0n) is 14.7. The average molecular weight is 421 g/mol. The minimum atomic E-state index is -4.68. The van der Waals surface area contributed by atoms with Crippen LogP contribution in [0.3, 0.4) is 0 Å². The van der Waals surface area contributed by atoms with Crippen molar-refractivity contribution in [2.45, 2.75) is 11.1 Å². The molecule has 1 amide bonds. The van der Waals surface area contributed by atoms with E-state index in [0.717, 1.165) is 18.2 Å². The molecule has 150 valence electrons. The summed E-state index contributed by atoms with van der Waals surface area (Å²) in [6, 6.07) is 17.1. The number of alkyl halides is 3. The molecular weight excluding hydrogens is 407 g/mol. The van der Waals surface area contributed by atoms with Gasteiger partial charge in [0.25, 0.3) is 5.91 Å². The summed E-state index contributed by atoms with van der Waals surface area (Å²) in [5.74, 6) is -0.462. The molecule has 0 saturated heterocycles. The molecule has 0 spiro atoms. The van der Waals surface area contributed by atoms with Crippen molar-refractivity contribution in [2.24, 2.45) is 0 Å². The van der Waals surface area contributed by atoms with Crippen molar-refractivity contribution in [1.82, 2.24) is 0 Å². The van der Waals surface area contributed by atoms with Crippen LogP contribution in [0, 0.1) is 0 Å². The monoisotopic (exact) mass is 421 g/mol. The van der Waals surface area contributed by atoms with Gasteiger partial charge in [0, 0.05) is 11.3 Å². The second kappa shape index (κ2) is 7.96. The highest BCUT2D eigenvalue weighted by molar-refractivity contribution is 7.87. The lowest BCUT2D eigenvalue weighted by atomic mass is 10.2. The predicted molar refractivity (Wildman–Crippen MR) is 100 cm³/mol. The number of anilines is 1. The Kier molecular flexibility index (Phi) is 5.60. The Balaban J connectivity index is 1.73. The Labute approximate surface area is 164 Å². The summed E-state index contributed by atoms with van der Waals surface area (Å²) < 4.78 is 67.8. The summed E-state index contributed by atoms with van der Waals surface area (Å²) in [6.45, 7) is 0. The number of halogens is 3. The van der Waals surface area contributed by atoms with Crippen molar-refractivity contribution in [2.75, 3.05) is 5.32 Å². The molecule has 5 nitrogen and oxygen atoms in total. The lowest BCUT2D eigenvalue weighted by Crippen LogP contribution is -2.13. The normalized spacial score (nSPS) is 11.7. The molecule has 0 radical (unpaired) electrons. The van der Waals surface area contributed by atoms with Gasteiger partial charge in [-0.05, 0) is 54.6 Å². The lowest BCUT2D eigenvalue weighted by molar-refractivity contribution is -0.137. The van der Waals surface area contributed by atoms with Gasteiger partial charge in [0.2, 0.25) is 0 Å². The molecule has 0 unspecified atom stereocenters. The highest BCUT2D eigenvalue weighted by Crippen LogP contribution is 2.31. The molecule has 0 saturated carbocycles. The molecule has 0 aliphatic heterocycles. The summed E-state index contributed by atoms with van der Waals surface area (Å²) in [5, 5.41) is 2.64. The van der Waals surface area contributed by atoms with Crippen molar-refractivity contribution in [1.29, 1.82) is 0 Å². The number of carbonyl (C=O) groups excluding carboxylic acids is 1. The van der Waals surface area contributed by atoms with Crippen molar-refractivity contribution in [3.8, 4) is 5.75 Å². The van der Waals surface area contributed by atoms with Gasteiger partial charge in [-0.2, -0.15) is 21.6 Å². The van der Waals surface area contributed by atoms with Gasteiger partial charge in [0.05, 0.1) is 5.56 Å². The molecule has 0 fully saturated rings. The molecule has 29 heavy (non-hydrogen) atoms. The summed E-state index contributed by atoms with van der Waals surface area (Å²) in [5.41, 5.74) is -0.260. The maximum Gasteiger partial charge on any atom is 0.416 e. The van der Waals surface area contributed by atoms with Crippen LogP contribution in [-0.4, -0.2) is 14.3 Å². The van der Waals surface area contributed by atoms with Gasteiger partial charge in [-0.3, -0.25) is 4.79 Å². The second-order valence-corrected chi connectivity index (χ2v) is 7.45. The van der Waals surface area contributed by atoms with E-state index in [2.05, 4.69) is 5.32 Å². The molecule has 0 aliphatic rings. The third-order valence-electron chi connectivity index (χ3n) is 3.80. The van der Waals surface area contributed by atoms with Crippen molar-refractivity contribution < 1.29 is 30.6 Å². The topological polar surface area (TPSA) is 72.5 Å². The second-order valence-electron chi connectivity index (χ2n) is 5.91. The number of hydrogen-bond acceptors (Lipinski definition) is 4. The number of benzene rings is 3. The minimum Gasteiger partial charge on any atom is -0.379 e. The largest absolute Gasteiger partial charge is 0.416 e. The van der Waals surface area contributed by atoms with E-state index in [1.807, 2.05) is 0 Å². The number of carbonyl (C=O) groups is 1. The first-order valence-electron chi connectivity index (χ1n) is 8.23. The van der Waals surface area contributed by atoms with E-state index in [4.69, 9.17) is 4.18 Å². The highest BCUT2D eigenvalue weighted by Gasteiger charge is 2.32. The number of amides is 1. The quantitative estimate of drug-likeness (QED) is 0.605. The standard InChI is InChI=1S/C20H14F3NO4S/c21-20(22,23)15-7-4-8-18(13-15)29(26,27)28-17-11-9-16(10-12-17)24-19(25)14-5-2-1-3-6-14/h1-13H,(H,24,25). The van der Waals surface area contributed by atoms with Crippen LogP contribution in [0.4, 0.5) is 18.9 Å². The summed E-state index contributed by atoms with van der Waals surface area (Å²) in [6.07, 6.45) is -4.68. The minimum absolute atomic E-state index is 0.111. The van der Waals surface area contributed by atoms with Gasteiger partial charge >= 0.3 is 16.3 Å². The van der Waals surface area contributed by atoms with Crippen molar-refractivity contribution in [3.05, 3.63) is 90.0 Å².